The maximum absolute atomic E-state index is 10.8. The predicted octanol–water partition coefficient (Wildman–Crippen LogP) is 2.83. The first kappa shape index (κ1) is 17.9. The first-order valence-electron chi connectivity index (χ1n) is 10.5. The number of rotatable bonds is 3. The molecular formula is C21H29N5O2. The van der Waals surface area contributed by atoms with Crippen LogP contribution in [-0.2, 0) is 6.54 Å². The van der Waals surface area contributed by atoms with Crippen molar-refractivity contribution in [2.24, 2.45) is 0 Å². The number of nitrogens with two attached hydrogens (primary N) is 1. The number of aliphatic hydroxyl groups excluding tert-OH is 1. The second-order valence-corrected chi connectivity index (χ2v) is 8.67. The quantitative estimate of drug-likeness (QED) is 0.847. The summed E-state index contributed by atoms with van der Waals surface area (Å²) in [4.78, 5) is 6.49. The number of pyridine rings is 1. The molecular weight excluding hydrogens is 354 g/mol. The second kappa shape index (κ2) is 7.04. The van der Waals surface area contributed by atoms with Crippen molar-refractivity contribution in [1.82, 2.24) is 19.7 Å². The highest BCUT2D eigenvalue weighted by molar-refractivity contribution is 5.32. The Labute approximate surface area is 165 Å². The molecule has 1 aliphatic carbocycles. The number of nitrogens with zero attached hydrogens (tertiary/aromatic N) is 4. The molecule has 2 fully saturated rings. The van der Waals surface area contributed by atoms with Crippen LogP contribution < -0.4 is 10.5 Å². The SMILES string of the molecule is Nc1cc(CN2CCC3(CC2)CC(O)c2nn(C4CCCC4)cc2O3)ccn1. The van der Waals surface area contributed by atoms with E-state index in [4.69, 9.17) is 10.5 Å². The number of hydrogen-bond donors (Lipinski definition) is 2. The van der Waals surface area contributed by atoms with Gasteiger partial charge in [-0.2, -0.15) is 5.10 Å². The van der Waals surface area contributed by atoms with Gasteiger partial charge in [-0.1, -0.05) is 12.8 Å². The minimum atomic E-state index is -0.530. The average Bonchev–Trinajstić information content (AvgIpc) is 3.33. The monoisotopic (exact) mass is 383 g/mol. The van der Waals surface area contributed by atoms with Gasteiger partial charge in [0, 0.05) is 32.3 Å². The molecule has 4 heterocycles. The van der Waals surface area contributed by atoms with E-state index in [0.29, 0.717) is 18.3 Å². The summed E-state index contributed by atoms with van der Waals surface area (Å²) in [5.41, 5.74) is 7.44. The molecule has 1 spiro atoms. The maximum Gasteiger partial charge on any atom is 0.163 e. The van der Waals surface area contributed by atoms with Gasteiger partial charge in [0.2, 0.25) is 0 Å². The number of likely N-dealkylation sites (tertiary alicyclic amines) is 1. The largest absolute Gasteiger partial charge is 0.483 e. The van der Waals surface area contributed by atoms with E-state index >= 15 is 0 Å². The van der Waals surface area contributed by atoms with Crippen LogP contribution in [-0.4, -0.2) is 43.5 Å². The van der Waals surface area contributed by atoms with Crippen LogP contribution in [0.3, 0.4) is 0 Å². The standard InChI is InChI=1S/C21H29N5O2/c22-19-11-15(5-8-23-19)13-25-9-6-21(7-10-25)12-17(27)20-18(28-21)14-26(24-20)16-3-1-2-4-16/h5,8,11,14,16-17,27H,1-4,6-7,9-10,12-13H2,(H2,22,23). The zero-order chi connectivity index (χ0) is 19.1. The van der Waals surface area contributed by atoms with E-state index in [1.54, 1.807) is 6.20 Å². The molecule has 3 aliphatic rings. The van der Waals surface area contributed by atoms with Crippen LogP contribution in [0.1, 0.15) is 68.3 Å². The molecule has 1 unspecified atom stereocenters. The fourth-order valence-electron chi connectivity index (χ4n) is 5.05. The van der Waals surface area contributed by atoms with Crippen molar-refractivity contribution in [3.8, 4) is 5.75 Å². The van der Waals surface area contributed by atoms with E-state index in [-0.39, 0.29) is 5.60 Å². The molecule has 150 valence electrons. The summed E-state index contributed by atoms with van der Waals surface area (Å²) < 4.78 is 8.53. The summed E-state index contributed by atoms with van der Waals surface area (Å²) in [5, 5.41) is 15.5. The summed E-state index contributed by atoms with van der Waals surface area (Å²) in [6, 6.07) is 4.42. The highest BCUT2D eigenvalue weighted by Gasteiger charge is 2.44. The molecule has 28 heavy (non-hydrogen) atoms. The highest BCUT2D eigenvalue weighted by Crippen LogP contribution is 2.45. The molecule has 1 saturated heterocycles. The minimum Gasteiger partial charge on any atom is -0.483 e. The lowest BCUT2D eigenvalue weighted by Gasteiger charge is -2.44. The summed E-state index contributed by atoms with van der Waals surface area (Å²) in [6.07, 6.45) is 10.6. The van der Waals surface area contributed by atoms with Gasteiger partial charge in [0.05, 0.1) is 12.2 Å². The Hall–Kier alpha value is -2.12. The Morgan fingerprint density at radius 2 is 2.04 bits per heavy atom. The summed E-state index contributed by atoms with van der Waals surface area (Å²) in [7, 11) is 0. The molecule has 1 saturated carbocycles. The van der Waals surface area contributed by atoms with Crippen molar-refractivity contribution in [2.75, 3.05) is 18.8 Å². The van der Waals surface area contributed by atoms with Crippen molar-refractivity contribution in [2.45, 2.75) is 69.2 Å². The second-order valence-electron chi connectivity index (χ2n) is 8.67. The third kappa shape index (κ3) is 3.37. The first-order chi connectivity index (χ1) is 13.6. The van der Waals surface area contributed by atoms with Crippen LogP contribution in [0.25, 0.3) is 0 Å². The van der Waals surface area contributed by atoms with Crippen molar-refractivity contribution < 1.29 is 9.84 Å². The molecule has 7 heteroatoms. The Balaban J connectivity index is 1.26. The van der Waals surface area contributed by atoms with Gasteiger partial charge in [0.25, 0.3) is 0 Å². The molecule has 2 aliphatic heterocycles. The topological polar surface area (TPSA) is 89.4 Å². The zero-order valence-corrected chi connectivity index (χ0v) is 16.3. The Morgan fingerprint density at radius 1 is 1.25 bits per heavy atom. The van der Waals surface area contributed by atoms with Crippen LogP contribution in [0.5, 0.6) is 5.75 Å². The van der Waals surface area contributed by atoms with E-state index in [9.17, 15) is 5.11 Å². The van der Waals surface area contributed by atoms with E-state index < -0.39 is 6.10 Å². The Morgan fingerprint density at radius 3 is 2.79 bits per heavy atom. The summed E-state index contributed by atoms with van der Waals surface area (Å²) >= 11 is 0. The number of ether oxygens (including phenoxy) is 1. The lowest BCUT2D eigenvalue weighted by Crippen LogP contribution is -2.50. The third-order valence-corrected chi connectivity index (χ3v) is 6.65. The number of piperidine rings is 1. The molecule has 1 atom stereocenters. The van der Waals surface area contributed by atoms with Gasteiger partial charge in [0.1, 0.15) is 23.2 Å². The van der Waals surface area contributed by atoms with E-state index in [1.807, 2.05) is 23.0 Å². The van der Waals surface area contributed by atoms with E-state index in [2.05, 4.69) is 15.0 Å². The number of anilines is 1. The van der Waals surface area contributed by atoms with Crippen molar-refractivity contribution in [3.63, 3.8) is 0 Å². The smallest absolute Gasteiger partial charge is 0.163 e. The van der Waals surface area contributed by atoms with Crippen LogP contribution in [0.4, 0.5) is 5.82 Å². The van der Waals surface area contributed by atoms with Crippen molar-refractivity contribution >= 4 is 5.82 Å². The summed E-state index contributed by atoms with van der Waals surface area (Å²) in [5.74, 6) is 1.36. The van der Waals surface area contributed by atoms with Gasteiger partial charge >= 0.3 is 0 Å². The Kier molecular flexibility index (Phi) is 4.51. The number of hydrogen-bond acceptors (Lipinski definition) is 6. The number of aromatic nitrogens is 3. The fraction of sp³-hybridized carbons (Fsp3) is 0.619. The lowest BCUT2D eigenvalue weighted by molar-refractivity contribution is -0.0559. The van der Waals surface area contributed by atoms with Crippen molar-refractivity contribution in [1.29, 1.82) is 0 Å². The predicted molar refractivity (Wildman–Crippen MR) is 106 cm³/mol. The summed E-state index contributed by atoms with van der Waals surface area (Å²) in [6.45, 7) is 2.76. The molecule has 0 aromatic carbocycles. The molecule has 0 bridgehead atoms. The normalized spacial score (nSPS) is 25.0. The van der Waals surface area contributed by atoms with Gasteiger partial charge in [-0.05, 0) is 43.4 Å². The van der Waals surface area contributed by atoms with Gasteiger partial charge < -0.3 is 15.6 Å². The van der Waals surface area contributed by atoms with E-state index in [0.717, 1.165) is 43.9 Å². The minimum absolute atomic E-state index is 0.274. The lowest BCUT2D eigenvalue weighted by atomic mass is 9.83. The first-order valence-corrected chi connectivity index (χ1v) is 10.5. The van der Waals surface area contributed by atoms with Crippen LogP contribution in [0, 0.1) is 0 Å². The van der Waals surface area contributed by atoms with Gasteiger partial charge in [-0.15, -0.1) is 0 Å². The Bertz CT molecular complexity index is 837. The fourth-order valence-corrected chi connectivity index (χ4v) is 5.05. The van der Waals surface area contributed by atoms with Crippen LogP contribution in [0.15, 0.2) is 24.5 Å². The molecule has 5 rings (SSSR count). The van der Waals surface area contributed by atoms with Gasteiger partial charge in [-0.25, -0.2) is 4.98 Å². The third-order valence-electron chi connectivity index (χ3n) is 6.65. The van der Waals surface area contributed by atoms with Gasteiger partial charge in [0.15, 0.2) is 5.75 Å². The zero-order valence-electron chi connectivity index (χ0n) is 16.3. The highest BCUT2D eigenvalue weighted by atomic mass is 16.5. The van der Waals surface area contributed by atoms with Crippen LogP contribution in [0.2, 0.25) is 0 Å². The number of fused-ring (bicyclic) bond motifs is 1. The maximum atomic E-state index is 10.8. The molecule has 2 aromatic heterocycles. The average molecular weight is 383 g/mol. The molecule has 0 radical (unpaired) electrons. The van der Waals surface area contributed by atoms with Crippen molar-refractivity contribution in [3.05, 3.63) is 35.8 Å². The van der Waals surface area contributed by atoms with Crippen LogP contribution >= 0.6 is 0 Å². The molecule has 2 aromatic rings. The van der Waals surface area contributed by atoms with E-state index in [1.165, 1.54) is 31.2 Å². The molecule has 7 nitrogen and oxygen atoms in total. The number of nitrogen functional groups attached to an aromatic ring is 1. The molecule has 0 amide bonds. The molecule has 3 N–H and O–H groups in total. The van der Waals surface area contributed by atoms with Gasteiger partial charge in [-0.3, -0.25) is 9.58 Å². The number of aliphatic hydroxyl groups is 1.